The van der Waals surface area contributed by atoms with E-state index in [1.807, 2.05) is 103 Å². The van der Waals surface area contributed by atoms with Crippen LogP contribution >= 0.6 is 92.8 Å². The number of nitrogens with one attached hydrogen (secondary N) is 1. The topological polar surface area (TPSA) is 171 Å². The zero-order chi connectivity index (χ0) is 63.5. The molecule has 0 saturated heterocycles. The first kappa shape index (κ1) is 67.8. The Bertz CT molecular complexity index is 3520. The Labute approximate surface area is 560 Å². The summed E-state index contributed by atoms with van der Waals surface area (Å²) in [5.74, 6) is 1.96. The predicted molar refractivity (Wildman–Crippen MR) is 358 cm³/mol. The normalized spacial score (nSPS) is 16.7. The second-order valence-corrected chi connectivity index (χ2v) is 25.9. The first-order valence-corrected chi connectivity index (χ1v) is 32.4. The van der Waals surface area contributed by atoms with Crippen LogP contribution in [0.3, 0.4) is 0 Å². The number of para-hydroxylation sites is 2. The molecule has 2 saturated carbocycles. The Morgan fingerprint density at radius 1 is 0.528 bits per heavy atom. The summed E-state index contributed by atoms with van der Waals surface area (Å²) in [6.07, 6.45) is 4.29. The van der Waals surface area contributed by atoms with Crippen molar-refractivity contribution in [1.29, 1.82) is 0 Å². The minimum atomic E-state index is -0.714. The molecule has 6 aromatic rings. The van der Waals surface area contributed by atoms with E-state index in [1.165, 1.54) is 0 Å². The Hall–Kier alpha value is -5.59. The number of hydrogen-bond donors (Lipinski definition) is 3. The van der Waals surface area contributed by atoms with Crippen molar-refractivity contribution in [2.45, 2.75) is 102 Å². The molecule has 0 bridgehead atoms. The van der Waals surface area contributed by atoms with E-state index < -0.39 is 17.7 Å². The molecule has 472 valence electrons. The van der Waals surface area contributed by atoms with Gasteiger partial charge in [0.25, 0.3) is 11.8 Å². The number of nitrogens with two attached hydrogens (primary N) is 2. The van der Waals surface area contributed by atoms with Gasteiger partial charge in [-0.1, -0.05) is 153 Å². The number of halogens is 8. The lowest BCUT2D eigenvalue weighted by Crippen LogP contribution is -2.53. The molecule has 2 aliphatic heterocycles. The van der Waals surface area contributed by atoms with Crippen LogP contribution in [0.1, 0.15) is 81.5 Å². The quantitative estimate of drug-likeness (QED) is 0.0553. The maximum Gasteiger partial charge on any atom is 0.410 e. The van der Waals surface area contributed by atoms with Gasteiger partial charge < -0.3 is 50.3 Å². The van der Waals surface area contributed by atoms with E-state index in [0.717, 1.165) is 65.6 Å². The van der Waals surface area contributed by atoms with Crippen LogP contribution < -0.4 is 35.7 Å². The molecule has 14 nitrogen and oxygen atoms in total. The van der Waals surface area contributed by atoms with Crippen LogP contribution in [0.15, 0.2) is 132 Å². The van der Waals surface area contributed by atoms with Crippen LogP contribution in [0, 0.1) is 0 Å². The molecule has 22 heteroatoms. The molecule has 2 aliphatic carbocycles. The van der Waals surface area contributed by atoms with Crippen molar-refractivity contribution in [3.8, 4) is 23.0 Å². The summed E-state index contributed by atoms with van der Waals surface area (Å²) < 4.78 is 29.0. The smallest absolute Gasteiger partial charge is 0.410 e. The average Bonchev–Trinajstić information content (AvgIpc) is 2.02. The molecule has 4 aliphatic rings. The Balaban J connectivity index is 0.000000214. The van der Waals surface area contributed by atoms with Crippen LogP contribution in [0.2, 0.25) is 40.2 Å². The SMILES string of the molecule is CC(C)(C)OC(=O)N1CCC(c2ccc(OCCOc3c(Cl)cccc3Cl)cc2)=C(C(=O)N(Cc2cccc(Cl)c2Cl)C2CC2)[C@H]1CN.NC[C@H]1NCCC(c2ccc(OCCOc3c(Cl)cccc3Cl)cc2)=C1C(=O)N(Cc1cccc(Cl)c1Cl)C1CC1. The van der Waals surface area contributed by atoms with Gasteiger partial charge in [-0.3, -0.25) is 14.5 Å². The minimum absolute atomic E-state index is 0.0168. The van der Waals surface area contributed by atoms with E-state index in [-0.39, 0.29) is 62.9 Å². The second-order valence-electron chi connectivity index (χ2n) is 22.8. The maximum atomic E-state index is 14.7. The molecule has 3 amide bonds. The fourth-order valence-corrected chi connectivity index (χ4v) is 12.5. The van der Waals surface area contributed by atoms with E-state index in [1.54, 1.807) is 53.4 Å². The number of benzene rings is 6. The van der Waals surface area contributed by atoms with Crippen molar-refractivity contribution >= 4 is 122 Å². The zero-order valence-corrected chi connectivity index (χ0v) is 55.5. The van der Waals surface area contributed by atoms with Crippen molar-refractivity contribution in [2.75, 3.05) is 52.6 Å². The number of ether oxygens (including phenoxy) is 5. The first-order valence-electron chi connectivity index (χ1n) is 29.4. The van der Waals surface area contributed by atoms with Gasteiger partial charge in [0.1, 0.15) is 43.5 Å². The first-order chi connectivity index (χ1) is 42.7. The molecule has 6 aromatic carbocycles. The lowest BCUT2D eigenvalue weighted by molar-refractivity contribution is -0.129. The summed E-state index contributed by atoms with van der Waals surface area (Å²) in [4.78, 5) is 47.6. The molecule has 89 heavy (non-hydrogen) atoms. The summed E-state index contributed by atoms with van der Waals surface area (Å²) in [6, 6.07) is 35.9. The van der Waals surface area contributed by atoms with Crippen LogP contribution in [-0.2, 0) is 27.4 Å². The molecule has 0 unspecified atom stereocenters. The maximum absolute atomic E-state index is 14.7. The van der Waals surface area contributed by atoms with Gasteiger partial charge in [0.15, 0.2) is 11.5 Å². The molecule has 0 spiro atoms. The summed E-state index contributed by atoms with van der Waals surface area (Å²) in [7, 11) is 0. The molecule has 2 atom stereocenters. The van der Waals surface area contributed by atoms with Crippen LogP contribution in [0.5, 0.6) is 23.0 Å². The third kappa shape index (κ3) is 17.5. The number of nitrogens with zero attached hydrogens (tertiary/aromatic N) is 3. The van der Waals surface area contributed by atoms with Crippen LogP contribution in [0.4, 0.5) is 4.79 Å². The van der Waals surface area contributed by atoms with Crippen molar-refractivity contribution in [3.05, 3.63) is 195 Å². The lowest BCUT2D eigenvalue weighted by Gasteiger charge is -2.40. The van der Waals surface area contributed by atoms with Crippen LogP contribution in [-0.4, -0.2) is 115 Å². The van der Waals surface area contributed by atoms with Gasteiger partial charge >= 0.3 is 6.09 Å². The summed E-state index contributed by atoms with van der Waals surface area (Å²) in [6.45, 7) is 8.63. The fraction of sp³-hybridized carbons (Fsp3) is 0.358. The van der Waals surface area contributed by atoms with Crippen molar-refractivity contribution < 1.29 is 38.1 Å². The Morgan fingerprint density at radius 2 is 0.933 bits per heavy atom. The third-order valence-electron chi connectivity index (χ3n) is 15.3. The molecule has 10 rings (SSSR count). The number of amides is 3. The number of carbonyl (C=O) groups is 3. The molecule has 0 radical (unpaired) electrons. The monoisotopic (exact) mass is 1370 g/mol. The van der Waals surface area contributed by atoms with Gasteiger partial charge in [-0.25, -0.2) is 4.79 Å². The summed E-state index contributed by atoms with van der Waals surface area (Å²) in [5.41, 5.74) is 18.2. The van der Waals surface area contributed by atoms with Crippen molar-refractivity contribution in [3.63, 3.8) is 0 Å². The highest BCUT2D eigenvalue weighted by Gasteiger charge is 2.43. The molecule has 2 heterocycles. The standard InChI is InChI=1S/C36H39Cl4N3O5.C31H31Cl4N3O3/c1-36(2,3)48-35(45)42-17-16-26(22-10-14-25(15-11-22)46-18-19-47-33-28(38)8-5-9-29(33)39)31(30(42)20-41)34(44)43(24-12-13-24)21-23-6-4-7-27(37)32(23)40;32-24-4-1-3-20(29(24)35)18-38(21-9-10-21)31(39)28-23(13-14-37-27(28)17-36)19-7-11-22(12-8-19)40-15-16-41-30-25(33)5-2-6-26(30)34/h4-11,14-15,24,30H,12-13,16-21,41H2,1-3H3;1-8,11-12,21,27,37H,9-10,13-18,36H2/t30-;27-/m11/s1. The third-order valence-corrected chi connectivity index (χ3v) is 18.2. The zero-order valence-electron chi connectivity index (χ0n) is 49.5. The second kappa shape index (κ2) is 31.2. The average molecular weight is 1370 g/mol. The van der Waals surface area contributed by atoms with Gasteiger partial charge in [-0.2, -0.15) is 0 Å². The molecule has 0 aromatic heterocycles. The summed E-state index contributed by atoms with van der Waals surface area (Å²) in [5, 5.41) is 6.99. The largest absolute Gasteiger partial charge is 0.490 e. The van der Waals surface area contributed by atoms with E-state index in [2.05, 4.69) is 5.32 Å². The van der Waals surface area contributed by atoms with Crippen molar-refractivity contribution in [1.82, 2.24) is 20.0 Å². The van der Waals surface area contributed by atoms with Gasteiger partial charge in [0.05, 0.1) is 52.3 Å². The Morgan fingerprint density at radius 3 is 1.35 bits per heavy atom. The van der Waals surface area contributed by atoms with Gasteiger partial charge in [-0.05, 0) is 160 Å². The summed E-state index contributed by atoms with van der Waals surface area (Å²) >= 11 is 50.3. The highest BCUT2D eigenvalue weighted by atomic mass is 35.5. The van der Waals surface area contributed by atoms with E-state index in [0.29, 0.717) is 113 Å². The van der Waals surface area contributed by atoms with Gasteiger partial charge in [-0.15, -0.1) is 0 Å². The highest BCUT2D eigenvalue weighted by molar-refractivity contribution is 6.43. The predicted octanol–water partition coefficient (Wildman–Crippen LogP) is 15.7. The van der Waals surface area contributed by atoms with Crippen molar-refractivity contribution in [2.24, 2.45) is 11.5 Å². The van der Waals surface area contributed by atoms with E-state index in [4.69, 9.17) is 128 Å². The van der Waals surface area contributed by atoms with Gasteiger partial charge in [0, 0.05) is 56.0 Å². The van der Waals surface area contributed by atoms with E-state index >= 15 is 0 Å². The van der Waals surface area contributed by atoms with Crippen LogP contribution in [0.25, 0.3) is 11.1 Å². The number of rotatable bonds is 22. The number of hydrogen-bond acceptors (Lipinski definition) is 11. The number of carbonyl (C=O) groups excluding carboxylic acids is 3. The molecular weight excluding hydrogens is 1300 g/mol. The molecular formula is C67H70Cl8N6O8. The van der Waals surface area contributed by atoms with E-state index in [9.17, 15) is 14.4 Å². The lowest BCUT2D eigenvalue weighted by atomic mass is 9.87. The fourth-order valence-electron chi connectivity index (χ4n) is 10.7. The minimum Gasteiger partial charge on any atom is -0.490 e. The van der Waals surface area contributed by atoms with Gasteiger partial charge in [0.2, 0.25) is 0 Å². The Kier molecular flexibility index (Phi) is 23.7. The molecule has 5 N–H and O–H groups in total. The highest BCUT2D eigenvalue weighted by Crippen LogP contribution is 2.41. The molecule has 2 fully saturated rings.